The fraction of sp³-hybridized carbons (Fsp3) is 0.533. The van der Waals surface area contributed by atoms with Crippen LogP contribution in [0.25, 0.3) is 0 Å². The van der Waals surface area contributed by atoms with Crippen LogP contribution in [0.3, 0.4) is 0 Å². The normalized spacial score (nSPS) is 19.1. The molecule has 1 unspecified atom stereocenters. The van der Waals surface area contributed by atoms with Crippen molar-refractivity contribution in [3.8, 4) is 11.5 Å². The molecule has 0 aliphatic carbocycles. The second-order valence-corrected chi connectivity index (χ2v) is 4.77. The quantitative estimate of drug-likeness (QED) is 0.859. The van der Waals surface area contributed by atoms with Crippen molar-refractivity contribution >= 4 is 5.91 Å². The SMILES string of the molecule is CCOc1cc(CO)ccc1OC1CCCCNC1=O. The van der Waals surface area contributed by atoms with Crippen molar-refractivity contribution in [3.05, 3.63) is 23.8 Å². The highest BCUT2D eigenvalue weighted by Crippen LogP contribution is 2.30. The van der Waals surface area contributed by atoms with Crippen molar-refractivity contribution in [2.24, 2.45) is 0 Å². The number of hydrogen-bond donors (Lipinski definition) is 2. The summed E-state index contributed by atoms with van der Waals surface area (Å²) in [5, 5.41) is 12.0. The van der Waals surface area contributed by atoms with Crippen LogP contribution in [-0.4, -0.2) is 30.3 Å². The molecule has 2 N–H and O–H groups in total. The summed E-state index contributed by atoms with van der Waals surface area (Å²) in [5.41, 5.74) is 0.756. The maximum absolute atomic E-state index is 11.9. The molecule has 0 spiro atoms. The molecule has 20 heavy (non-hydrogen) atoms. The maximum Gasteiger partial charge on any atom is 0.261 e. The van der Waals surface area contributed by atoms with Gasteiger partial charge in [-0.2, -0.15) is 0 Å². The fourth-order valence-electron chi connectivity index (χ4n) is 2.19. The van der Waals surface area contributed by atoms with Gasteiger partial charge in [-0.3, -0.25) is 4.79 Å². The van der Waals surface area contributed by atoms with Gasteiger partial charge in [-0.25, -0.2) is 0 Å². The minimum atomic E-state index is -0.475. The average Bonchev–Trinajstić information content (AvgIpc) is 2.66. The lowest BCUT2D eigenvalue weighted by molar-refractivity contribution is -0.127. The topological polar surface area (TPSA) is 67.8 Å². The summed E-state index contributed by atoms with van der Waals surface area (Å²) < 4.78 is 11.3. The van der Waals surface area contributed by atoms with Gasteiger partial charge in [0.1, 0.15) is 0 Å². The highest BCUT2D eigenvalue weighted by molar-refractivity contribution is 5.81. The summed E-state index contributed by atoms with van der Waals surface area (Å²) in [6.45, 7) is 3.04. The van der Waals surface area contributed by atoms with Crippen LogP contribution in [0.1, 0.15) is 31.7 Å². The smallest absolute Gasteiger partial charge is 0.261 e. The molecule has 110 valence electrons. The molecule has 0 radical (unpaired) electrons. The number of benzene rings is 1. The van der Waals surface area contributed by atoms with Crippen LogP contribution < -0.4 is 14.8 Å². The molecule has 0 bridgehead atoms. The molecule has 0 aromatic heterocycles. The molecule has 1 amide bonds. The third-order valence-corrected chi connectivity index (χ3v) is 3.24. The number of aliphatic hydroxyl groups excluding tert-OH is 1. The Balaban J connectivity index is 2.16. The van der Waals surface area contributed by atoms with Crippen LogP contribution in [0.15, 0.2) is 18.2 Å². The number of carbonyl (C=O) groups is 1. The van der Waals surface area contributed by atoms with E-state index in [1.165, 1.54) is 0 Å². The Bertz CT molecular complexity index is 461. The molecular formula is C15H21NO4. The number of aliphatic hydroxyl groups is 1. The highest BCUT2D eigenvalue weighted by Gasteiger charge is 2.23. The molecular weight excluding hydrogens is 258 g/mol. The Hall–Kier alpha value is -1.75. The average molecular weight is 279 g/mol. The Labute approximate surface area is 118 Å². The minimum absolute atomic E-state index is 0.0513. The Morgan fingerprint density at radius 1 is 1.35 bits per heavy atom. The zero-order valence-electron chi connectivity index (χ0n) is 11.7. The minimum Gasteiger partial charge on any atom is -0.490 e. The fourth-order valence-corrected chi connectivity index (χ4v) is 2.19. The van der Waals surface area contributed by atoms with Gasteiger partial charge in [0, 0.05) is 6.54 Å². The molecule has 1 heterocycles. The number of ether oxygens (including phenoxy) is 2. The number of amides is 1. The van der Waals surface area contributed by atoms with Crippen LogP contribution in [-0.2, 0) is 11.4 Å². The monoisotopic (exact) mass is 279 g/mol. The van der Waals surface area contributed by atoms with Gasteiger partial charge in [-0.1, -0.05) is 6.07 Å². The molecule has 1 aromatic carbocycles. The van der Waals surface area contributed by atoms with E-state index in [9.17, 15) is 4.79 Å². The van der Waals surface area contributed by atoms with Crippen molar-refractivity contribution in [1.29, 1.82) is 0 Å². The van der Waals surface area contributed by atoms with Crippen molar-refractivity contribution in [3.63, 3.8) is 0 Å². The van der Waals surface area contributed by atoms with E-state index >= 15 is 0 Å². The third kappa shape index (κ3) is 3.63. The van der Waals surface area contributed by atoms with Gasteiger partial charge in [0.2, 0.25) is 0 Å². The Morgan fingerprint density at radius 3 is 2.95 bits per heavy atom. The molecule has 1 aromatic rings. The van der Waals surface area contributed by atoms with E-state index in [2.05, 4.69) is 5.32 Å². The van der Waals surface area contributed by atoms with Gasteiger partial charge in [0.15, 0.2) is 17.6 Å². The standard InChI is InChI=1S/C15H21NO4/c1-2-19-14-9-11(10-17)6-7-12(14)20-13-5-3-4-8-16-15(13)18/h6-7,9,13,17H,2-5,8,10H2,1H3,(H,16,18). The van der Waals surface area contributed by atoms with Crippen molar-refractivity contribution < 1.29 is 19.4 Å². The lowest BCUT2D eigenvalue weighted by Gasteiger charge is -2.18. The predicted molar refractivity (Wildman–Crippen MR) is 74.8 cm³/mol. The second-order valence-electron chi connectivity index (χ2n) is 4.77. The second kappa shape index (κ2) is 7.14. The largest absolute Gasteiger partial charge is 0.490 e. The van der Waals surface area contributed by atoms with Gasteiger partial charge in [-0.05, 0) is 43.9 Å². The van der Waals surface area contributed by atoms with E-state index in [1.807, 2.05) is 6.92 Å². The van der Waals surface area contributed by atoms with Crippen molar-refractivity contribution in [1.82, 2.24) is 5.32 Å². The van der Waals surface area contributed by atoms with E-state index < -0.39 is 6.10 Å². The van der Waals surface area contributed by atoms with E-state index in [1.54, 1.807) is 18.2 Å². The van der Waals surface area contributed by atoms with Crippen molar-refractivity contribution in [2.45, 2.75) is 38.9 Å². The molecule has 5 nitrogen and oxygen atoms in total. The molecule has 1 atom stereocenters. The van der Waals surface area contributed by atoms with Gasteiger partial charge in [0.25, 0.3) is 5.91 Å². The number of carbonyl (C=O) groups excluding carboxylic acids is 1. The number of nitrogens with one attached hydrogen (secondary N) is 1. The van der Waals surface area contributed by atoms with E-state index in [0.717, 1.165) is 18.4 Å². The first-order chi connectivity index (χ1) is 9.74. The lowest BCUT2D eigenvalue weighted by Crippen LogP contribution is -2.36. The summed E-state index contributed by atoms with van der Waals surface area (Å²) in [6.07, 6.45) is 2.17. The predicted octanol–water partition coefficient (Wildman–Crippen LogP) is 1.63. The van der Waals surface area contributed by atoms with Crippen LogP contribution in [0.4, 0.5) is 0 Å². The summed E-state index contributed by atoms with van der Waals surface area (Å²) in [6, 6.07) is 5.26. The van der Waals surface area contributed by atoms with E-state index in [0.29, 0.717) is 31.1 Å². The first kappa shape index (κ1) is 14.7. The van der Waals surface area contributed by atoms with Crippen LogP contribution >= 0.6 is 0 Å². The lowest BCUT2D eigenvalue weighted by atomic mass is 10.1. The van der Waals surface area contributed by atoms with Crippen LogP contribution in [0.5, 0.6) is 11.5 Å². The molecule has 1 fully saturated rings. The molecule has 5 heteroatoms. The van der Waals surface area contributed by atoms with Gasteiger partial charge in [-0.15, -0.1) is 0 Å². The van der Waals surface area contributed by atoms with Crippen LogP contribution in [0.2, 0.25) is 0 Å². The highest BCUT2D eigenvalue weighted by atomic mass is 16.5. The van der Waals surface area contributed by atoms with E-state index in [4.69, 9.17) is 14.6 Å². The maximum atomic E-state index is 11.9. The molecule has 1 aliphatic rings. The first-order valence-electron chi connectivity index (χ1n) is 7.05. The number of rotatable bonds is 5. The molecule has 1 saturated heterocycles. The summed E-state index contributed by atoms with van der Waals surface area (Å²) in [7, 11) is 0. The summed E-state index contributed by atoms with van der Waals surface area (Å²) >= 11 is 0. The van der Waals surface area contributed by atoms with E-state index in [-0.39, 0.29) is 12.5 Å². The van der Waals surface area contributed by atoms with Crippen molar-refractivity contribution in [2.75, 3.05) is 13.2 Å². The molecule has 2 rings (SSSR count). The van der Waals surface area contributed by atoms with Crippen LogP contribution in [0, 0.1) is 0 Å². The van der Waals surface area contributed by atoms with Gasteiger partial charge < -0.3 is 19.9 Å². The zero-order chi connectivity index (χ0) is 14.4. The molecule has 1 aliphatic heterocycles. The molecule has 0 saturated carbocycles. The Kier molecular flexibility index (Phi) is 5.24. The Morgan fingerprint density at radius 2 is 2.20 bits per heavy atom. The number of hydrogen-bond acceptors (Lipinski definition) is 4. The summed E-state index contributed by atoms with van der Waals surface area (Å²) in [4.78, 5) is 11.9. The summed E-state index contributed by atoms with van der Waals surface area (Å²) in [5.74, 6) is 1.04. The zero-order valence-corrected chi connectivity index (χ0v) is 11.7. The third-order valence-electron chi connectivity index (χ3n) is 3.24. The van der Waals surface area contributed by atoms with Gasteiger partial charge >= 0.3 is 0 Å². The van der Waals surface area contributed by atoms with Gasteiger partial charge in [0.05, 0.1) is 13.2 Å². The first-order valence-corrected chi connectivity index (χ1v) is 7.05.